The molecule has 2 aromatic rings. The smallest absolute Gasteiger partial charge is 0.165 e. The lowest BCUT2D eigenvalue weighted by atomic mass is 10.1. The van der Waals surface area contributed by atoms with Gasteiger partial charge < -0.3 is 10.5 Å². The minimum Gasteiger partial charge on any atom is -0.454 e. The van der Waals surface area contributed by atoms with E-state index in [0.717, 1.165) is 5.56 Å². The molecule has 0 aliphatic carbocycles. The summed E-state index contributed by atoms with van der Waals surface area (Å²) in [6, 6.07) is 9.47. The highest BCUT2D eigenvalue weighted by molar-refractivity contribution is 6.34. The molecule has 0 heterocycles. The normalized spacial score (nSPS) is 10.5. The van der Waals surface area contributed by atoms with Crippen molar-refractivity contribution >= 4 is 23.2 Å². The van der Waals surface area contributed by atoms with E-state index in [1.807, 2.05) is 0 Å². The average Bonchev–Trinajstić information content (AvgIpc) is 2.32. The fraction of sp³-hybridized carbons (Fsp3) is 0.143. The molecule has 0 saturated heterocycles. The Balaban J connectivity index is 2.23. The van der Waals surface area contributed by atoms with Crippen LogP contribution in [0.25, 0.3) is 0 Å². The molecule has 5 heteroatoms. The van der Waals surface area contributed by atoms with Gasteiger partial charge in [-0.25, -0.2) is 4.39 Å². The van der Waals surface area contributed by atoms with Crippen molar-refractivity contribution in [2.24, 2.45) is 5.73 Å². The van der Waals surface area contributed by atoms with Gasteiger partial charge in [0.15, 0.2) is 11.6 Å². The van der Waals surface area contributed by atoms with Crippen LogP contribution in [-0.2, 0) is 6.42 Å². The van der Waals surface area contributed by atoms with Crippen molar-refractivity contribution in [3.63, 3.8) is 0 Å². The molecule has 0 spiro atoms. The highest BCUT2D eigenvalue weighted by Crippen LogP contribution is 2.30. The summed E-state index contributed by atoms with van der Waals surface area (Å²) in [7, 11) is 0. The van der Waals surface area contributed by atoms with Crippen molar-refractivity contribution in [2.75, 3.05) is 6.54 Å². The summed E-state index contributed by atoms with van der Waals surface area (Å²) in [5, 5.41) is 0.866. The summed E-state index contributed by atoms with van der Waals surface area (Å²) in [4.78, 5) is 0. The second-order valence-electron chi connectivity index (χ2n) is 4.01. The van der Waals surface area contributed by atoms with Crippen molar-refractivity contribution in [2.45, 2.75) is 6.42 Å². The third kappa shape index (κ3) is 3.83. The minimum absolute atomic E-state index is 0.124. The molecule has 2 nitrogen and oxygen atoms in total. The summed E-state index contributed by atoms with van der Waals surface area (Å²) in [6.07, 6.45) is 0.625. The summed E-state index contributed by atoms with van der Waals surface area (Å²) in [5.41, 5.74) is 6.25. The Hall–Kier alpha value is -1.29. The zero-order valence-electron chi connectivity index (χ0n) is 10.00. The molecule has 0 atom stereocenters. The maximum atomic E-state index is 13.8. The van der Waals surface area contributed by atoms with Gasteiger partial charge in [-0.15, -0.1) is 0 Å². The van der Waals surface area contributed by atoms with Gasteiger partial charge >= 0.3 is 0 Å². The van der Waals surface area contributed by atoms with E-state index in [1.165, 1.54) is 6.07 Å². The molecule has 0 radical (unpaired) electrons. The molecule has 0 unspecified atom stereocenters. The van der Waals surface area contributed by atoms with E-state index in [2.05, 4.69) is 0 Å². The predicted molar refractivity (Wildman–Crippen MR) is 75.7 cm³/mol. The lowest BCUT2D eigenvalue weighted by Gasteiger charge is -2.09. The van der Waals surface area contributed by atoms with Gasteiger partial charge in [0.1, 0.15) is 5.75 Å². The van der Waals surface area contributed by atoms with Crippen LogP contribution in [0, 0.1) is 5.82 Å². The van der Waals surface area contributed by atoms with E-state index in [1.54, 1.807) is 30.3 Å². The number of ether oxygens (including phenoxy) is 1. The molecule has 19 heavy (non-hydrogen) atoms. The molecule has 0 amide bonds. The van der Waals surface area contributed by atoms with Crippen LogP contribution in [0.1, 0.15) is 5.56 Å². The van der Waals surface area contributed by atoms with Crippen LogP contribution in [0.15, 0.2) is 36.4 Å². The van der Waals surface area contributed by atoms with E-state index in [4.69, 9.17) is 33.7 Å². The highest BCUT2D eigenvalue weighted by atomic mass is 35.5. The maximum absolute atomic E-state index is 13.8. The van der Waals surface area contributed by atoms with Gasteiger partial charge in [0.25, 0.3) is 0 Å². The number of rotatable bonds is 4. The Morgan fingerprint density at radius 3 is 2.32 bits per heavy atom. The quantitative estimate of drug-likeness (QED) is 0.906. The van der Waals surface area contributed by atoms with Crippen LogP contribution in [0.4, 0.5) is 4.39 Å². The molecule has 0 aliphatic heterocycles. The van der Waals surface area contributed by atoms with Crippen LogP contribution in [0.2, 0.25) is 10.0 Å². The molecular weight excluding hydrogens is 288 g/mol. The van der Waals surface area contributed by atoms with Gasteiger partial charge in [-0.3, -0.25) is 0 Å². The fourth-order valence-electron chi connectivity index (χ4n) is 1.66. The van der Waals surface area contributed by atoms with Crippen molar-refractivity contribution in [1.29, 1.82) is 0 Å². The summed E-state index contributed by atoms with van der Waals surface area (Å²) in [5.74, 6) is 0.0733. The van der Waals surface area contributed by atoms with Crippen LogP contribution >= 0.6 is 23.2 Å². The molecule has 0 aromatic heterocycles. The summed E-state index contributed by atoms with van der Waals surface area (Å²) < 4.78 is 19.3. The molecule has 100 valence electrons. The van der Waals surface area contributed by atoms with Crippen molar-refractivity contribution < 1.29 is 9.13 Å². The molecule has 0 saturated carbocycles. The Bertz CT molecular complexity index is 569. The van der Waals surface area contributed by atoms with E-state index in [9.17, 15) is 4.39 Å². The van der Waals surface area contributed by atoms with Crippen LogP contribution in [-0.4, -0.2) is 6.54 Å². The van der Waals surface area contributed by atoms with E-state index < -0.39 is 5.82 Å². The maximum Gasteiger partial charge on any atom is 0.165 e. The number of hydrogen-bond acceptors (Lipinski definition) is 2. The third-order valence-electron chi connectivity index (χ3n) is 2.49. The zero-order chi connectivity index (χ0) is 13.8. The first kappa shape index (κ1) is 14.1. The van der Waals surface area contributed by atoms with E-state index >= 15 is 0 Å². The first-order valence-electron chi connectivity index (χ1n) is 5.71. The fourth-order valence-corrected chi connectivity index (χ4v) is 2.17. The first-order valence-corrected chi connectivity index (χ1v) is 6.46. The Morgan fingerprint density at radius 1 is 1.05 bits per heavy atom. The van der Waals surface area contributed by atoms with Crippen LogP contribution in [0.3, 0.4) is 0 Å². The summed E-state index contributed by atoms with van der Waals surface area (Å²) >= 11 is 11.7. The van der Waals surface area contributed by atoms with Crippen molar-refractivity contribution in [1.82, 2.24) is 0 Å². The Morgan fingerprint density at radius 2 is 1.74 bits per heavy atom. The molecule has 0 aliphatic rings. The standard InChI is InChI=1S/C14H12Cl2FNO/c15-10-6-11(16)8-12(7-10)19-14-2-1-9(3-4-18)5-13(14)17/h1-2,5-8H,3-4,18H2. The second kappa shape index (κ2) is 6.24. The van der Waals surface area contributed by atoms with E-state index in [-0.39, 0.29) is 5.75 Å². The third-order valence-corrected chi connectivity index (χ3v) is 2.93. The topological polar surface area (TPSA) is 35.2 Å². The molecule has 2 N–H and O–H groups in total. The molecule has 0 fully saturated rings. The first-order chi connectivity index (χ1) is 9.08. The number of benzene rings is 2. The van der Waals surface area contributed by atoms with Gasteiger partial charge in [0, 0.05) is 10.0 Å². The second-order valence-corrected chi connectivity index (χ2v) is 4.88. The SMILES string of the molecule is NCCc1ccc(Oc2cc(Cl)cc(Cl)c2)c(F)c1. The summed E-state index contributed by atoms with van der Waals surface area (Å²) in [6.45, 7) is 0.476. The van der Waals surface area contributed by atoms with Gasteiger partial charge in [-0.1, -0.05) is 29.3 Å². The Labute approximate surface area is 120 Å². The van der Waals surface area contributed by atoms with Gasteiger partial charge in [-0.2, -0.15) is 0 Å². The van der Waals surface area contributed by atoms with Crippen LogP contribution < -0.4 is 10.5 Å². The highest BCUT2D eigenvalue weighted by Gasteiger charge is 2.07. The van der Waals surface area contributed by atoms with Crippen LogP contribution in [0.5, 0.6) is 11.5 Å². The molecule has 2 aromatic carbocycles. The number of nitrogens with two attached hydrogens (primary N) is 1. The molecular formula is C14H12Cl2FNO. The average molecular weight is 300 g/mol. The number of hydrogen-bond donors (Lipinski definition) is 1. The van der Waals surface area contributed by atoms with Gasteiger partial charge in [0.2, 0.25) is 0 Å². The molecule has 0 bridgehead atoms. The van der Waals surface area contributed by atoms with E-state index in [0.29, 0.717) is 28.8 Å². The largest absolute Gasteiger partial charge is 0.454 e. The lowest BCUT2D eigenvalue weighted by molar-refractivity contribution is 0.441. The van der Waals surface area contributed by atoms with Gasteiger partial charge in [0.05, 0.1) is 0 Å². The monoisotopic (exact) mass is 299 g/mol. The number of halogens is 3. The predicted octanol–water partition coefficient (Wildman–Crippen LogP) is 4.43. The zero-order valence-corrected chi connectivity index (χ0v) is 11.5. The lowest BCUT2D eigenvalue weighted by Crippen LogP contribution is -2.03. The Kier molecular flexibility index (Phi) is 4.64. The van der Waals surface area contributed by atoms with Crippen molar-refractivity contribution in [3.8, 4) is 11.5 Å². The molecule has 2 rings (SSSR count). The van der Waals surface area contributed by atoms with Gasteiger partial charge in [-0.05, 0) is 48.9 Å². The minimum atomic E-state index is -0.443. The van der Waals surface area contributed by atoms with Crippen molar-refractivity contribution in [3.05, 3.63) is 57.8 Å².